The summed E-state index contributed by atoms with van der Waals surface area (Å²) in [7, 11) is -2.20. The molecule has 10 nitrogen and oxygen atoms in total. The van der Waals surface area contributed by atoms with Crippen molar-refractivity contribution in [3.63, 3.8) is 0 Å². The number of hydrogen-bond acceptors (Lipinski definition) is 10. The summed E-state index contributed by atoms with van der Waals surface area (Å²) >= 11 is 0. The Bertz CT molecular complexity index is 1470. The minimum absolute atomic E-state index is 0.0180. The number of ketones is 1. The number of Topliss-reactive ketones (excluding diaryl/α,β-unsaturated/α-hetero) is 1. The van der Waals surface area contributed by atoms with Crippen LogP contribution in [0.2, 0.25) is 18.1 Å². The molecule has 49 heavy (non-hydrogen) atoms. The summed E-state index contributed by atoms with van der Waals surface area (Å²) in [6.45, 7) is 25.3. The molecule has 0 amide bonds. The van der Waals surface area contributed by atoms with Gasteiger partial charge in [0, 0.05) is 75.6 Å². The molecule has 1 atom stereocenters. The number of fused-ring (bicyclic) bond motifs is 2. The molecule has 0 bridgehead atoms. The Morgan fingerprint density at radius 1 is 0.878 bits per heavy atom. The van der Waals surface area contributed by atoms with Gasteiger partial charge in [-0.2, -0.15) is 0 Å². The van der Waals surface area contributed by atoms with Crippen molar-refractivity contribution in [2.45, 2.75) is 124 Å². The third-order valence-corrected chi connectivity index (χ3v) is 14.0. The molecule has 11 heteroatoms. The third kappa shape index (κ3) is 10.6. The summed E-state index contributed by atoms with van der Waals surface area (Å²) in [6.07, 6.45) is 0. The number of hydrogen-bond donors (Lipinski definition) is 0. The molecule has 0 spiro atoms. The Morgan fingerprint density at radius 2 is 1.41 bits per heavy atom. The normalized spacial score (nSPS) is 17.5. The van der Waals surface area contributed by atoms with E-state index in [1.807, 2.05) is 71.0 Å². The van der Waals surface area contributed by atoms with Crippen LogP contribution in [0.4, 0.5) is 0 Å². The molecule has 2 aliphatic heterocycles. The zero-order valence-electron chi connectivity index (χ0n) is 31.6. The molecule has 0 N–H and O–H groups in total. The topological polar surface area (TPSA) is 96.0 Å². The van der Waals surface area contributed by atoms with Crippen molar-refractivity contribution < 1.29 is 37.7 Å². The summed E-state index contributed by atoms with van der Waals surface area (Å²) in [5.41, 5.74) is 3.85. The molecule has 0 saturated carbocycles. The molecule has 272 valence electrons. The van der Waals surface area contributed by atoms with Gasteiger partial charge in [0.15, 0.2) is 8.32 Å². The highest BCUT2D eigenvalue weighted by atomic mass is 28.4. The predicted octanol–water partition coefficient (Wildman–Crippen LogP) is 6.82. The van der Waals surface area contributed by atoms with Gasteiger partial charge in [-0.15, -0.1) is 0 Å². The second-order valence-electron chi connectivity index (χ2n) is 15.7. The zero-order chi connectivity index (χ0) is 36.2. The average Bonchev–Trinajstić information content (AvgIpc) is 2.98. The highest BCUT2D eigenvalue weighted by molar-refractivity contribution is 6.74. The Balaban J connectivity index is 1.74. The van der Waals surface area contributed by atoms with Gasteiger partial charge in [0.25, 0.3) is 0 Å². The van der Waals surface area contributed by atoms with Gasteiger partial charge in [-0.1, -0.05) is 57.2 Å². The first-order chi connectivity index (χ1) is 22.8. The van der Waals surface area contributed by atoms with Crippen LogP contribution >= 0.6 is 0 Å². The van der Waals surface area contributed by atoms with Crippen molar-refractivity contribution in [3.8, 4) is 11.5 Å². The summed E-state index contributed by atoms with van der Waals surface area (Å²) in [6, 6.07) is 11.8. The van der Waals surface area contributed by atoms with Crippen molar-refractivity contribution in [2.75, 3.05) is 32.8 Å². The van der Waals surface area contributed by atoms with E-state index in [9.17, 15) is 9.59 Å². The maximum atomic E-state index is 13.2. The van der Waals surface area contributed by atoms with Crippen LogP contribution in [0.25, 0.3) is 0 Å². The summed E-state index contributed by atoms with van der Waals surface area (Å²) < 4.78 is 36.9. The van der Waals surface area contributed by atoms with Gasteiger partial charge < -0.3 is 28.1 Å². The second kappa shape index (κ2) is 15.6. The van der Waals surface area contributed by atoms with Gasteiger partial charge in [0.2, 0.25) is 11.6 Å². The standard InChI is InChI=1S/C38H58N2O8Si/c1-12-43-33(42)23-40(21-29-16-14-18-31-25-45-38(8,9)48-35(29)31)32(26-46-49(10,11)36(3,4)5)22-39(19-27(2)41)20-28-15-13-17-30-24-44-37(6,7)47-34(28)30/h13-18,32H,12,19-26H2,1-11H3. The third-order valence-electron chi connectivity index (χ3n) is 9.48. The summed E-state index contributed by atoms with van der Waals surface area (Å²) in [4.78, 5) is 30.3. The van der Waals surface area contributed by atoms with Crippen molar-refractivity contribution >= 4 is 20.1 Å². The first-order valence-corrected chi connectivity index (χ1v) is 20.3. The van der Waals surface area contributed by atoms with Crippen LogP contribution in [-0.2, 0) is 54.5 Å². The second-order valence-corrected chi connectivity index (χ2v) is 20.5. The molecular weight excluding hydrogens is 641 g/mol. The number of para-hydroxylation sites is 2. The monoisotopic (exact) mass is 698 g/mol. The van der Waals surface area contributed by atoms with Gasteiger partial charge in [0.05, 0.1) is 39.5 Å². The number of benzene rings is 2. The lowest BCUT2D eigenvalue weighted by molar-refractivity contribution is -0.181. The Labute approximate surface area is 294 Å². The largest absolute Gasteiger partial charge is 0.465 e. The van der Waals surface area contributed by atoms with Crippen LogP contribution in [0.3, 0.4) is 0 Å². The molecule has 2 heterocycles. The average molecular weight is 699 g/mol. The van der Waals surface area contributed by atoms with Gasteiger partial charge in [-0.25, -0.2) is 0 Å². The highest BCUT2D eigenvalue weighted by Crippen LogP contribution is 2.38. The molecule has 1 unspecified atom stereocenters. The Morgan fingerprint density at radius 3 is 1.90 bits per heavy atom. The van der Waals surface area contributed by atoms with Gasteiger partial charge >= 0.3 is 5.97 Å². The molecule has 0 aromatic heterocycles. The molecule has 2 aromatic carbocycles. The van der Waals surface area contributed by atoms with Crippen LogP contribution in [0.5, 0.6) is 11.5 Å². The van der Waals surface area contributed by atoms with Crippen LogP contribution < -0.4 is 9.47 Å². The Kier molecular flexibility index (Phi) is 12.4. The van der Waals surface area contributed by atoms with Gasteiger partial charge in [0.1, 0.15) is 17.3 Å². The molecular formula is C38H58N2O8Si. The smallest absolute Gasteiger partial charge is 0.320 e. The summed E-state index contributed by atoms with van der Waals surface area (Å²) in [5, 5.41) is -0.0180. The number of esters is 1. The highest BCUT2D eigenvalue weighted by Gasteiger charge is 2.39. The van der Waals surface area contributed by atoms with E-state index in [-0.39, 0.29) is 42.5 Å². The first-order valence-electron chi connectivity index (χ1n) is 17.4. The number of carbonyl (C=O) groups excluding carboxylic acids is 2. The first kappa shape index (κ1) is 39.0. The van der Waals surface area contributed by atoms with Crippen molar-refractivity contribution in [1.29, 1.82) is 0 Å². The minimum Gasteiger partial charge on any atom is -0.465 e. The maximum Gasteiger partial charge on any atom is 0.320 e. The van der Waals surface area contributed by atoms with Crippen molar-refractivity contribution in [1.82, 2.24) is 9.80 Å². The lowest BCUT2D eigenvalue weighted by Gasteiger charge is -2.41. The zero-order valence-corrected chi connectivity index (χ0v) is 32.6. The molecule has 0 saturated heterocycles. The quantitative estimate of drug-likeness (QED) is 0.146. The van der Waals surface area contributed by atoms with Crippen LogP contribution in [0.15, 0.2) is 36.4 Å². The van der Waals surface area contributed by atoms with E-state index in [1.54, 1.807) is 6.92 Å². The molecule has 0 aliphatic carbocycles. The predicted molar refractivity (Wildman–Crippen MR) is 192 cm³/mol. The van der Waals surface area contributed by atoms with E-state index in [2.05, 4.69) is 43.7 Å². The van der Waals surface area contributed by atoms with E-state index < -0.39 is 19.9 Å². The SMILES string of the molecule is CCOC(=O)CN(Cc1cccc2c1OC(C)(C)OC2)C(CO[Si](C)(C)C(C)(C)C)CN(CC(C)=O)Cc1cccc2c1OC(C)(C)OC2. The fourth-order valence-electron chi connectivity index (χ4n) is 5.81. The number of rotatable bonds is 15. The number of nitrogens with zero attached hydrogens (tertiary/aromatic N) is 2. The van der Waals surface area contributed by atoms with E-state index in [0.29, 0.717) is 39.5 Å². The summed E-state index contributed by atoms with van der Waals surface area (Å²) in [5.74, 6) is -0.253. The van der Waals surface area contributed by atoms with Gasteiger partial charge in [-0.3, -0.25) is 19.4 Å². The molecule has 2 aromatic rings. The molecule has 4 rings (SSSR count). The minimum atomic E-state index is -2.20. The van der Waals surface area contributed by atoms with E-state index in [4.69, 9.17) is 28.1 Å². The maximum absolute atomic E-state index is 13.2. The van der Waals surface area contributed by atoms with Crippen molar-refractivity contribution in [3.05, 3.63) is 58.7 Å². The fraction of sp³-hybridized carbons (Fsp3) is 0.632. The number of ether oxygens (including phenoxy) is 5. The molecule has 0 fully saturated rings. The lowest BCUT2D eigenvalue weighted by Crippen LogP contribution is -2.52. The van der Waals surface area contributed by atoms with Gasteiger partial charge in [-0.05, 0) is 32.0 Å². The van der Waals surface area contributed by atoms with E-state index >= 15 is 0 Å². The van der Waals surface area contributed by atoms with Crippen LogP contribution in [0, 0.1) is 0 Å². The molecule has 0 radical (unpaired) electrons. The molecule has 2 aliphatic rings. The van der Waals surface area contributed by atoms with Crippen LogP contribution in [0.1, 0.15) is 84.6 Å². The lowest BCUT2D eigenvalue weighted by atomic mass is 10.0. The van der Waals surface area contributed by atoms with Crippen molar-refractivity contribution in [2.24, 2.45) is 0 Å². The van der Waals surface area contributed by atoms with E-state index in [0.717, 1.165) is 33.8 Å². The fourth-order valence-corrected chi connectivity index (χ4v) is 6.85. The van der Waals surface area contributed by atoms with Crippen LogP contribution in [-0.4, -0.2) is 80.3 Å². The number of carbonyl (C=O) groups is 2. The van der Waals surface area contributed by atoms with E-state index in [1.165, 1.54) is 0 Å². The Hall–Kier alpha value is -2.80.